The minimum Gasteiger partial charge on any atom is -0.435 e. The van der Waals surface area contributed by atoms with Crippen LogP contribution in [-0.4, -0.2) is 29.9 Å². The zero-order valence-corrected chi connectivity index (χ0v) is 17.8. The Morgan fingerprint density at radius 1 is 0.971 bits per heavy atom. The molecule has 0 aliphatic carbocycles. The first-order chi connectivity index (χ1) is 16.4. The average Bonchev–Trinajstić information content (AvgIpc) is 2.78. The molecule has 2 heterocycles. The van der Waals surface area contributed by atoms with E-state index < -0.39 is 64.7 Å². The molecule has 0 bridgehead atoms. The van der Waals surface area contributed by atoms with Crippen molar-refractivity contribution in [1.82, 2.24) is 15.3 Å². The Morgan fingerprint density at radius 3 is 2.29 bits per heavy atom. The van der Waals surface area contributed by atoms with E-state index in [9.17, 15) is 26.3 Å². The first-order valence-electron chi connectivity index (χ1n) is 9.77. The number of alkyl halides is 5. The van der Waals surface area contributed by atoms with Gasteiger partial charge in [-0.25, -0.2) is 18.2 Å². The molecule has 1 atom stereocenters. The van der Waals surface area contributed by atoms with Crippen molar-refractivity contribution in [3.63, 3.8) is 0 Å². The minimum absolute atomic E-state index is 0.173. The molecule has 186 valence electrons. The summed E-state index contributed by atoms with van der Waals surface area (Å²) in [5.41, 5.74) is -2.64. The number of pyridine rings is 2. The van der Waals surface area contributed by atoms with Gasteiger partial charge in [0.2, 0.25) is 0 Å². The van der Waals surface area contributed by atoms with E-state index in [2.05, 4.69) is 20.3 Å². The third kappa shape index (κ3) is 6.03. The highest BCUT2D eigenvalue weighted by molar-refractivity contribution is 5.54. The summed E-state index contributed by atoms with van der Waals surface area (Å²) in [4.78, 5) is 10.4. The third-order valence-corrected chi connectivity index (χ3v) is 4.75. The van der Waals surface area contributed by atoms with Gasteiger partial charge in [0.1, 0.15) is 23.1 Å². The molecule has 0 saturated carbocycles. The molecule has 5 nitrogen and oxygen atoms in total. The normalized spacial score (nSPS) is 13.2. The van der Waals surface area contributed by atoms with Crippen LogP contribution in [0, 0.1) is 17.5 Å². The largest absolute Gasteiger partial charge is 0.435 e. The van der Waals surface area contributed by atoms with Crippen LogP contribution in [0.5, 0.6) is 11.6 Å². The Hall–Kier alpha value is -3.77. The van der Waals surface area contributed by atoms with Crippen LogP contribution < -0.4 is 10.1 Å². The topological polar surface area (TPSA) is 59.4 Å². The van der Waals surface area contributed by atoms with E-state index in [0.717, 1.165) is 36.8 Å². The molecule has 1 N–H and O–H groups in total. The average molecular weight is 504 g/mol. The first-order valence-corrected chi connectivity index (χ1v) is 9.77. The third-order valence-electron chi connectivity index (χ3n) is 4.75. The molecule has 0 radical (unpaired) electrons. The molecule has 35 heavy (non-hydrogen) atoms. The Kier molecular flexibility index (Phi) is 7.56. The van der Waals surface area contributed by atoms with Gasteiger partial charge in [0.15, 0.2) is 5.82 Å². The molecule has 1 aromatic carbocycles. The van der Waals surface area contributed by atoms with Gasteiger partial charge in [0, 0.05) is 25.9 Å². The van der Waals surface area contributed by atoms with Crippen molar-refractivity contribution in [2.24, 2.45) is 4.99 Å². The smallest absolute Gasteiger partial charge is 0.417 e. The van der Waals surface area contributed by atoms with E-state index in [1.54, 1.807) is 0 Å². The number of aliphatic imine (C=N–C) groups is 1. The second-order valence-electron chi connectivity index (χ2n) is 7.13. The Balaban J connectivity index is 1.87. The van der Waals surface area contributed by atoms with Gasteiger partial charge >= 0.3 is 6.18 Å². The van der Waals surface area contributed by atoms with Crippen molar-refractivity contribution in [2.45, 2.75) is 18.0 Å². The molecule has 0 saturated heterocycles. The van der Waals surface area contributed by atoms with Crippen molar-refractivity contribution in [1.29, 1.82) is 0 Å². The van der Waals surface area contributed by atoms with E-state index in [4.69, 9.17) is 4.74 Å². The zero-order chi connectivity index (χ0) is 25.8. The highest BCUT2D eigenvalue weighted by Crippen LogP contribution is 2.42. The molecular weight excluding hydrogens is 488 g/mol. The van der Waals surface area contributed by atoms with E-state index in [1.165, 1.54) is 7.05 Å². The summed E-state index contributed by atoms with van der Waals surface area (Å²) in [5, 5.41) is 2.50. The van der Waals surface area contributed by atoms with Crippen molar-refractivity contribution in [3.05, 3.63) is 83.1 Å². The van der Waals surface area contributed by atoms with E-state index in [0.29, 0.717) is 12.3 Å². The lowest BCUT2D eigenvalue weighted by molar-refractivity contribution is -0.138. The second kappa shape index (κ2) is 10.2. The van der Waals surface area contributed by atoms with Gasteiger partial charge in [-0.2, -0.15) is 22.0 Å². The van der Waals surface area contributed by atoms with Crippen LogP contribution in [0.25, 0.3) is 0 Å². The first kappa shape index (κ1) is 25.8. The number of ether oxygens (including phenoxy) is 1. The summed E-state index contributed by atoms with van der Waals surface area (Å²) in [5.74, 6) is -10.3. The zero-order valence-electron chi connectivity index (χ0n) is 17.8. The van der Waals surface area contributed by atoms with Gasteiger partial charge in [0.25, 0.3) is 11.8 Å². The quantitative estimate of drug-likeness (QED) is 0.238. The minimum atomic E-state index is -4.82. The number of nitrogens with one attached hydrogen (secondary N) is 1. The van der Waals surface area contributed by atoms with Crippen LogP contribution in [0.1, 0.15) is 22.7 Å². The van der Waals surface area contributed by atoms with Crippen LogP contribution in [0.15, 0.2) is 53.8 Å². The molecule has 0 amide bonds. The maximum atomic E-state index is 15.4. The number of hydrogen-bond acceptors (Lipinski definition) is 4. The lowest BCUT2D eigenvalue weighted by Crippen LogP contribution is -2.34. The summed E-state index contributed by atoms with van der Waals surface area (Å²) >= 11 is 0. The molecule has 3 aromatic rings. The number of halogens is 8. The van der Waals surface area contributed by atoms with Gasteiger partial charge in [-0.15, -0.1) is 0 Å². The summed E-state index contributed by atoms with van der Waals surface area (Å²) < 4.78 is 115. The fourth-order valence-corrected chi connectivity index (χ4v) is 3.06. The fraction of sp³-hybridized carbons (Fsp3) is 0.227. The number of hydrogen-bond donors (Lipinski definition) is 1. The van der Waals surface area contributed by atoms with Gasteiger partial charge in [-0.05, 0) is 29.8 Å². The highest BCUT2D eigenvalue weighted by Gasteiger charge is 2.44. The van der Waals surface area contributed by atoms with Crippen LogP contribution in [0.2, 0.25) is 0 Å². The molecule has 0 aliphatic heterocycles. The Labute approximate surface area is 193 Å². The Morgan fingerprint density at radius 2 is 1.71 bits per heavy atom. The van der Waals surface area contributed by atoms with Crippen LogP contribution in [-0.2, 0) is 12.1 Å². The van der Waals surface area contributed by atoms with E-state index >= 15 is 8.78 Å². The maximum absolute atomic E-state index is 15.4. The van der Waals surface area contributed by atoms with E-state index in [1.807, 2.05) is 0 Å². The number of nitrogens with zero attached hydrogens (tertiary/aromatic N) is 3. The van der Waals surface area contributed by atoms with E-state index in [-0.39, 0.29) is 11.8 Å². The fourth-order valence-electron chi connectivity index (χ4n) is 3.06. The second-order valence-corrected chi connectivity index (χ2v) is 7.13. The molecule has 0 spiro atoms. The Bertz CT molecular complexity index is 1200. The van der Waals surface area contributed by atoms with Crippen LogP contribution in [0.3, 0.4) is 0 Å². The summed E-state index contributed by atoms with van der Waals surface area (Å²) in [6, 6.07) is 4.17. The van der Waals surface area contributed by atoms with Gasteiger partial charge in [-0.3, -0.25) is 9.98 Å². The highest BCUT2D eigenvalue weighted by atomic mass is 19.4. The van der Waals surface area contributed by atoms with Crippen molar-refractivity contribution >= 4 is 6.34 Å². The lowest BCUT2D eigenvalue weighted by atomic mass is 9.89. The van der Waals surface area contributed by atoms with Gasteiger partial charge in [0.05, 0.1) is 24.0 Å². The number of aromatic nitrogens is 2. The monoisotopic (exact) mass is 504 g/mol. The van der Waals surface area contributed by atoms with Crippen molar-refractivity contribution < 1.29 is 39.9 Å². The number of rotatable bonds is 8. The SMILES string of the molecule is CN=CNCC(c1ccc(F)cc1F)C(F)(F)c1ccc(Oc2ncc(C(F)(F)F)cc2F)cn1. The molecule has 3 rings (SSSR count). The number of benzene rings is 1. The summed E-state index contributed by atoms with van der Waals surface area (Å²) in [6.07, 6.45) is -2.57. The van der Waals surface area contributed by atoms with Crippen molar-refractivity contribution in [2.75, 3.05) is 13.6 Å². The molecule has 0 aliphatic rings. The summed E-state index contributed by atoms with van der Waals surface area (Å²) in [6.45, 7) is -0.493. The van der Waals surface area contributed by atoms with Crippen LogP contribution in [0.4, 0.5) is 35.1 Å². The maximum Gasteiger partial charge on any atom is 0.417 e. The standard InChI is InChI=1S/C22H16F8N4O/c1-31-11-32-10-16(15-4-2-13(23)7-17(15)24)21(26,27)19-5-3-14(9-33-19)35-20-18(25)6-12(8-34-20)22(28,29)30/h2-9,11,16H,10H2,1H3,(H,31,32). The molecular formula is C22H16F8N4O. The predicted molar refractivity (Wildman–Crippen MR) is 109 cm³/mol. The lowest BCUT2D eigenvalue weighted by Gasteiger charge is -2.27. The summed E-state index contributed by atoms with van der Waals surface area (Å²) in [7, 11) is 1.38. The molecule has 13 heteroatoms. The molecule has 0 fully saturated rings. The van der Waals surface area contributed by atoms with Crippen molar-refractivity contribution in [3.8, 4) is 11.6 Å². The van der Waals surface area contributed by atoms with Gasteiger partial charge in [-0.1, -0.05) is 6.07 Å². The predicted octanol–water partition coefficient (Wildman–Crippen LogP) is 5.83. The molecule has 1 unspecified atom stereocenters. The van der Waals surface area contributed by atoms with Gasteiger partial charge < -0.3 is 10.1 Å². The van der Waals surface area contributed by atoms with Crippen LogP contribution >= 0.6 is 0 Å². The molecule has 2 aromatic heterocycles.